The van der Waals surface area contributed by atoms with Crippen molar-refractivity contribution in [1.29, 1.82) is 0 Å². The van der Waals surface area contributed by atoms with Gasteiger partial charge in [-0.2, -0.15) is 0 Å². The molecule has 11 heteroatoms. The normalized spacial score (nSPS) is 10.6. The van der Waals surface area contributed by atoms with Crippen LogP contribution in [-0.2, 0) is 22.7 Å². The van der Waals surface area contributed by atoms with Crippen LogP contribution in [0.3, 0.4) is 0 Å². The first-order chi connectivity index (χ1) is 13.2. The van der Waals surface area contributed by atoms with Gasteiger partial charge < -0.3 is 14.9 Å². The molecule has 0 unspecified atom stereocenters. The van der Waals surface area contributed by atoms with Crippen LogP contribution in [0.25, 0.3) is 0 Å². The highest BCUT2D eigenvalue weighted by Gasteiger charge is 2.21. The van der Waals surface area contributed by atoms with Crippen molar-refractivity contribution in [3.63, 3.8) is 0 Å². The molecular formula is C17H19F2N5O4. The van der Waals surface area contributed by atoms with Gasteiger partial charge in [0, 0.05) is 27.2 Å². The summed E-state index contributed by atoms with van der Waals surface area (Å²) in [5, 5.41) is 16.3. The summed E-state index contributed by atoms with van der Waals surface area (Å²) in [5.41, 5.74) is 0.187. The van der Waals surface area contributed by atoms with Crippen LogP contribution in [0.1, 0.15) is 22.5 Å². The van der Waals surface area contributed by atoms with E-state index in [9.17, 15) is 23.2 Å². The van der Waals surface area contributed by atoms with E-state index in [1.807, 2.05) is 0 Å². The third kappa shape index (κ3) is 5.56. The lowest BCUT2D eigenvalue weighted by molar-refractivity contribution is -0.137. The summed E-state index contributed by atoms with van der Waals surface area (Å²) in [5.74, 6) is -4.12. The van der Waals surface area contributed by atoms with Gasteiger partial charge in [0.05, 0.1) is 12.6 Å². The zero-order valence-corrected chi connectivity index (χ0v) is 15.3. The third-order valence-corrected chi connectivity index (χ3v) is 3.79. The van der Waals surface area contributed by atoms with E-state index in [0.717, 1.165) is 17.0 Å². The standard InChI is InChI=1S/C17H19F2N5O4/c1-22(2)15(25)10-24-9-14(20-21-24)17(28)23(6-5-16(26)27)8-11-3-4-12(18)13(19)7-11/h3-4,7,9H,5-6,8,10H2,1-2H3,(H,26,27). The smallest absolute Gasteiger partial charge is 0.305 e. The predicted molar refractivity (Wildman–Crippen MR) is 92.1 cm³/mol. The number of hydrogen-bond acceptors (Lipinski definition) is 5. The number of hydrogen-bond donors (Lipinski definition) is 1. The summed E-state index contributed by atoms with van der Waals surface area (Å²) >= 11 is 0. The number of carbonyl (C=O) groups excluding carboxylic acids is 2. The number of aromatic nitrogens is 3. The van der Waals surface area contributed by atoms with E-state index in [1.165, 1.54) is 21.8 Å². The van der Waals surface area contributed by atoms with Gasteiger partial charge in [-0.3, -0.25) is 14.4 Å². The molecule has 28 heavy (non-hydrogen) atoms. The van der Waals surface area contributed by atoms with Gasteiger partial charge >= 0.3 is 5.97 Å². The molecule has 0 fully saturated rings. The fraction of sp³-hybridized carbons (Fsp3) is 0.353. The van der Waals surface area contributed by atoms with E-state index in [2.05, 4.69) is 10.3 Å². The number of amides is 2. The molecule has 0 aliphatic carbocycles. The molecule has 2 aromatic rings. The summed E-state index contributed by atoms with van der Waals surface area (Å²) in [6.45, 7) is -0.435. The first-order valence-corrected chi connectivity index (χ1v) is 8.22. The number of carboxylic acids is 1. The summed E-state index contributed by atoms with van der Waals surface area (Å²) < 4.78 is 27.7. The Kier molecular flexibility index (Phi) is 6.74. The van der Waals surface area contributed by atoms with Crippen LogP contribution < -0.4 is 0 Å². The minimum absolute atomic E-state index is 0.0977. The molecular weight excluding hydrogens is 376 g/mol. The van der Waals surface area contributed by atoms with Crippen molar-refractivity contribution in [2.45, 2.75) is 19.5 Å². The van der Waals surface area contributed by atoms with Gasteiger partial charge in [0.15, 0.2) is 17.3 Å². The van der Waals surface area contributed by atoms with E-state index in [4.69, 9.17) is 5.11 Å². The Morgan fingerprint density at radius 2 is 1.89 bits per heavy atom. The topological polar surface area (TPSA) is 109 Å². The van der Waals surface area contributed by atoms with Crippen molar-refractivity contribution >= 4 is 17.8 Å². The minimum atomic E-state index is -1.12. The molecule has 2 rings (SSSR count). The van der Waals surface area contributed by atoms with Crippen molar-refractivity contribution in [2.75, 3.05) is 20.6 Å². The quantitative estimate of drug-likeness (QED) is 0.707. The number of nitrogens with zero attached hydrogens (tertiary/aromatic N) is 5. The fourth-order valence-electron chi connectivity index (χ4n) is 2.26. The summed E-state index contributed by atoms with van der Waals surface area (Å²) in [6, 6.07) is 3.16. The van der Waals surface area contributed by atoms with Gasteiger partial charge in [-0.15, -0.1) is 5.10 Å². The van der Waals surface area contributed by atoms with Crippen LogP contribution in [-0.4, -0.2) is 68.3 Å². The minimum Gasteiger partial charge on any atom is -0.481 e. The van der Waals surface area contributed by atoms with Crippen LogP contribution >= 0.6 is 0 Å². The first-order valence-electron chi connectivity index (χ1n) is 8.22. The molecule has 0 radical (unpaired) electrons. The van der Waals surface area contributed by atoms with Crippen molar-refractivity contribution in [3.05, 3.63) is 47.3 Å². The van der Waals surface area contributed by atoms with Crippen LogP contribution in [0.5, 0.6) is 0 Å². The lowest BCUT2D eigenvalue weighted by atomic mass is 10.2. The molecule has 1 N–H and O–H groups in total. The molecule has 9 nitrogen and oxygen atoms in total. The van der Waals surface area contributed by atoms with Crippen molar-refractivity contribution < 1.29 is 28.3 Å². The van der Waals surface area contributed by atoms with E-state index in [-0.39, 0.29) is 43.2 Å². The summed E-state index contributed by atoms with van der Waals surface area (Å²) in [4.78, 5) is 37.8. The highest BCUT2D eigenvalue weighted by atomic mass is 19.2. The molecule has 0 aliphatic heterocycles. The monoisotopic (exact) mass is 395 g/mol. The lowest BCUT2D eigenvalue weighted by Gasteiger charge is -2.21. The second-order valence-electron chi connectivity index (χ2n) is 6.21. The number of carbonyl (C=O) groups is 3. The van der Waals surface area contributed by atoms with Gasteiger partial charge in [0.1, 0.15) is 6.54 Å². The number of rotatable bonds is 8. The SMILES string of the molecule is CN(C)C(=O)Cn1cc(C(=O)N(CCC(=O)O)Cc2ccc(F)c(F)c2)nn1. The van der Waals surface area contributed by atoms with E-state index < -0.39 is 23.5 Å². The Balaban J connectivity index is 2.18. The van der Waals surface area contributed by atoms with Crippen LogP contribution in [0, 0.1) is 11.6 Å². The van der Waals surface area contributed by atoms with Gasteiger partial charge in [-0.05, 0) is 17.7 Å². The Bertz CT molecular complexity index is 884. The van der Waals surface area contributed by atoms with Crippen LogP contribution in [0.2, 0.25) is 0 Å². The first kappa shape index (κ1) is 20.9. The molecule has 1 heterocycles. The molecule has 150 valence electrons. The van der Waals surface area contributed by atoms with Crippen LogP contribution in [0.4, 0.5) is 8.78 Å². The second-order valence-corrected chi connectivity index (χ2v) is 6.21. The lowest BCUT2D eigenvalue weighted by Crippen LogP contribution is -2.33. The summed E-state index contributed by atoms with van der Waals surface area (Å²) in [7, 11) is 3.14. The van der Waals surface area contributed by atoms with Gasteiger partial charge in [-0.25, -0.2) is 13.5 Å². The maximum absolute atomic E-state index is 13.4. The fourth-order valence-corrected chi connectivity index (χ4v) is 2.26. The van der Waals surface area contributed by atoms with Gasteiger partial charge in [-0.1, -0.05) is 11.3 Å². The largest absolute Gasteiger partial charge is 0.481 e. The van der Waals surface area contributed by atoms with Gasteiger partial charge in [0.2, 0.25) is 5.91 Å². The molecule has 2 amide bonds. The number of likely N-dealkylation sites (N-methyl/N-ethyl adjacent to an activating group) is 1. The second kappa shape index (κ2) is 9.02. The Labute approximate surface area is 159 Å². The average Bonchev–Trinajstić information content (AvgIpc) is 3.09. The highest BCUT2D eigenvalue weighted by molar-refractivity contribution is 5.92. The molecule has 0 saturated carbocycles. The Morgan fingerprint density at radius 1 is 1.18 bits per heavy atom. The van der Waals surface area contributed by atoms with Crippen molar-refractivity contribution in [3.8, 4) is 0 Å². The molecule has 0 bridgehead atoms. The van der Waals surface area contributed by atoms with Crippen molar-refractivity contribution in [2.24, 2.45) is 0 Å². The molecule has 0 spiro atoms. The zero-order valence-electron chi connectivity index (χ0n) is 15.3. The number of halogens is 2. The molecule has 0 atom stereocenters. The average molecular weight is 395 g/mol. The number of aliphatic carboxylic acids is 1. The zero-order chi connectivity index (χ0) is 20.8. The highest BCUT2D eigenvalue weighted by Crippen LogP contribution is 2.13. The molecule has 1 aromatic carbocycles. The van der Waals surface area contributed by atoms with Crippen molar-refractivity contribution in [1.82, 2.24) is 24.8 Å². The summed E-state index contributed by atoms with van der Waals surface area (Å²) in [6.07, 6.45) is 0.922. The Hall–Kier alpha value is -3.37. The van der Waals surface area contributed by atoms with E-state index >= 15 is 0 Å². The van der Waals surface area contributed by atoms with E-state index in [1.54, 1.807) is 14.1 Å². The van der Waals surface area contributed by atoms with Crippen LogP contribution in [0.15, 0.2) is 24.4 Å². The predicted octanol–water partition coefficient (Wildman–Crippen LogP) is 0.762. The molecule has 0 saturated heterocycles. The maximum Gasteiger partial charge on any atom is 0.305 e. The Morgan fingerprint density at radius 3 is 2.50 bits per heavy atom. The third-order valence-electron chi connectivity index (χ3n) is 3.79. The number of carboxylic acid groups (broad SMARTS) is 1. The molecule has 1 aromatic heterocycles. The van der Waals surface area contributed by atoms with Gasteiger partial charge in [0.25, 0.3) is 5.91 Å². The molecule has 0 aliphatic rings. The number of benzene rings is 1. The van der Waals surface area contributed by atoms with E-state index in [0.29, 0.717) is 0 Å². The maximum atomic E-state index is 13.4.